The topological polar surface area (TPSA) is 64.9 Å². The van der Waals surface area contributed by atoms with E-state index in [4.69, 9.17) is 10.3 Å². The van der Waals surface area contributed by atoms with E-state index in [2.05, 4.69) is 17.1 Å². The Morgan fingerprint density at radius 2 is 2.22 bits per heavy atom. The zero-order chi connectivity index (χ0) is 13.4. The first-order chi connectivity index (χ1) is 8.28. The SMILES string of the molecule is CC1CCCC(N)(c2nc(CC(F)(F)F)no2)C1. The lowest BCUT2D eigenvalue weighted by Gasteiger charge is -2.33. The van der Waals surface area contributed by atoms with Crippen molar-refractivity contribution in [2.24, 2.45) is 11.7 Å². The maximum absolute atomic E-state index is 12.2. The Kier molecular flexibility index (Phi) is 3.35. The third-order valence-corrected chi connectivity index (χ3v) is 3.29. The van der Waals surface area contributed by atoms with E-state index in [1.54, 1.807) is 0 Å². The van der Waals surface area contributed by atoms with E-state index in [-0.39, 0.29) is 11.7 Å². The molecule has 102 valence electrons. The fraction of sp³-hybridized carbons (Fsp3) is 0.818. The van der Waals surface area contributed by atoms with Crippen LogP contribution in [0.15, 0.2) is 4.52 Å². The van der Waals surface area contributed by atoms with E-state index in [0.29, 0.717) is 18.8 Å². The first-order valence-corrected chi connectivity index (χ1v) is 5.97. The van der Waals surface area contributed by atoms with Crippen molar-refractivity contribution in [3.63, 3.8) is 0 Å². The number of nitrogens with zero attached hydrogens (tertiary/aromatic N) is 2. The highest BCUT2D eigenvalue weighted by Crippen LogP contribution is 2.37. The third-order valence-electron chi connectivity index (χ3n) is 3.29. The molecule has 0 aromatic carbocycles. The number of halogens is 3. The number of alkyl halides is 3. The van der Waals surface area contributed by atoms with Crippen molar-refractivity contribution < 1.29 is 17.7 Å². The van der Waals surface area contributed by atoms with Crippen molar-refractivity contribution in [3.8, 4) is 0 Å². The monoisotopic (exact) mass is 263 g/mol. The van der Waals surface area contributed by atoms with Gasteiger partial charge in [0.15, 0.2) is 5.82 Å². The zero-order valence-corrected chi connectivity index (χ0v) is 10.1. The summed E-state index contributed by atoms with van der Waals surface area (Å²) in [6.07, 6.45) is -2.17. The highest BCUT2D eigenvalue weighted by Gasteiger charge is 2.39. The van der Waals surface area contributed by atoms with Crippen molar-refractivity contribution in [3.05, 3.63) is 11.7 Å². The average molecular weight is 263 g/mol. The van der Waals surface area contributed by atoms with Gasteiger partial charge >= 0.3 is 6.18 Å². The van der Waals surface area contributed by atoms with Crippen molar-refractivity contribution in [2.75, 3.05) is 0 Å². The van der Waals surface area contributed by atoms with Gasteiger partial charge in [-0.3, -0.25) is 0 Å². The molecule has 0 bridgehead atoms. The molecule has 0 saturated heterocycles. The van der Waals surface area contributed by atoms with Gasteiger partial charge in [-0.15, -0.1) is 0 Å². The molecule has 2 rings (SSSR count). The predicted molar refractivity (Wildman–Crippen MR) is 57.6 cm³/mol. The lowest BCUT2D eigenvalue weighted by Crippen LogP contribution is -2.41. The van der Waals surface area contributed by atoms with Crippen molar-refractivity contribution >= 4 is 0 Å². The van der Waals surface area contributed by atoms with Crippen LogP contribution in [-0.4, -0.2) is 16.3 Å². The molecule has 0 aliphatic heterocycles. The van der Waals surface area contributed by atoms with E-state index in [9.17, 15) is 13.2 Å². The van der Waals surface area contributed by atoms with Gasteiger partial charge in [0, 0.05) is 0 Å². The van der Waals surface area contributed by atoms with Crippen LogP contribution in [0.1, 0.15) is 44.3 Å². The number of rotatable bonds is 2. The molecule has 18 heavy (non-hydrogen) atoms. The van der Waals surface area contributed by atoms with Gasteiger partial charge in [-0.25, -0.2) is 0 Å². The summed E-state index contributed by atoms with van der Waals surface area (Å²) in [7, 11) is 0. The molecule has 0 radical (unpaired) electrons. The van der Waals surface area contributed by atoms with E-state index in [1.807, 2.05) is 0 Å². The Morgan fingerprint density at radius 3 is 2.83 bits per heavy atom. The van der Waals surface area contributed by atoms with Crippen LogP contribution < -0.4 is 5.73 Å². The van der Waals surface area contributed by atoms with E-state index in [1.165, 1.54) is 0 Å². The van der Waals surface area contributed by atoms with Crippen LogP contribution in [0.5, 0.6) is 0 Å². The Hall–Kier alpha value is -1.11. The average Bonchev–Trinajstić information content (AvgIpc) is 2.63. The van der Waals surface area contributed by atoms with E-state index >= 15 is 0 Å². The summed E-state index contributed by atoms with van der Waals surface area (Å²) in [6.45, 7) is 2.06. The first kappa shape index (κ1) is 13.3. The van der Waals surface area contributed by atoms with Crippen molar-refractivity contribution in [2.45, 2.75) is 50.7 Å². The molecule has 2 N–H and O–H groups in total. The second-order valence-corrected chi connectivity index (χ2v) is 5.17. The summed E-state index contributed by atoms with van der Waals surface area (Å²) >= 11 is 0. The van der Waals surface area contributed by atoms with E-state index < -0.39 is 18.1 Å². The molecule has 1 aromatic heterocycles. The Labute approximate surface area is 103 Å². The van der Waals surface area contributed by atoms with Gasteiger partial charge < -0.3 is 10.3 Å². The normalized spacial score (nSPS) is 29.5. The Bertz CT molecular complexity index is 418. The molecule has 1 aliphatic rings. The molecule has 1 aromatic rings. The number of aromatic nitrogens is 2. The summed E-state index contributed by atoms with van der Waals surface area (Å²) in [6, 6.07) is 0. The van der Waals surface area contributed by atoms with Gasteiger partial charge in [0.05, 0.1) is 5.54 Å². The van der Waals surface area contributed by atoms with Gasteiger partial charge in [0.1, 0.15) is 6.42 Å². The molecule has 0 amide bonds. The molecule has 0 spiro atoms. The first-order valence-electron chi connectivity index (χ1n) is 5.97. The van der Waals surface area contributed by atoms with Gasteiger partial charge in [-0.2, -0.15) is 18.2 Å². The highest BCUT2D eigenvalue weighted by molar-refractivity contribution is 5.05. The molecule has 1 saturated carbocycles. The van der Waals surface area contributed by atoms with E-state index in [0.717, 1.165) is 12.8 Å². The summed E-state index contributed by atoms with van der Waals surface area (Å²) in [4.78, 5) is 3.80. The van der Waals surface area contributed by atoms with Crippen LogP contribution in [0.4, 0.5) is 13.2 Å². The Morgan fingerprint density at radius 1 is 1.50 bits per heavy atom. The van der Waals surface area contributed by atoms with Crippen LogP contribution in [0.25, 0.3) is 0 Å². The van der Waals surface area contributed by atoms with Gasteiger partial charge in [0.25, 0.3) is 0 Å². The molecular weight excluding hydrogens is 247 g/mol. The van der Waals surface area contributed by atoms with Crippen LogP contribution in [0.2, 0.25) is 0 Å². The smallest absolute Gasteiger partial charge is 0.337 e. The molecule has 4 nitrogen and oxygen atoms in total. The number of nitrogens with two attached hydrogens (primary N) is 1. The largest absolute Gasteiger partial charge is 0.396 e. The number of hydrogen-bond donors (Lipinski definition) is 1. The summed E-state index contributed by atoms with van der Waals surface area (Å²) in [5, 5.41) is 3.36. The summed E-state index contributed by atoms with van der Waals surface area (Å²) < 4.78 is 41.5. The molecule has 1 aliphatic carbocycles. The van der Waals surface area contributed by atoms with Crippen LogP contribution in [-0.2, 0) is 12.0 Å². The lowest BCUT2D eigenvalue weighted by atomic mass is 9.77. The van der Waals surface area contributed by atoms with Crippen molar-refractivity contribution in [1.29, 1.82) is 0 Å². The molecule has 2 unspecified atom stereocenters. The minimum Gasteiger partial charge on any atom is -0.337 e. The predicted octanol–water partition coefficient (Wildman–Crippen LogP) is 2.54. The standard InChI is InChI=1S/C11H16F3N3O/c1-7-3-2-4-10(15,5-7)9-16-8(17-18-9)6-11(12,13)14/h7H,2-6,15H2,1H3. The second-order valence-electron chi connectivity index (χ2n) is 5.17. The third kappa shape index (κ3) is 3.01. The lowest BCUT2D eigenvalue weighted by molar-refractivity contribution is -0.128. The summed E-state index contributed by atoms with van der Waals surface area (Å²) in [5.74, 6) is 0.204. The molecule has 1 heterocycles. The quantitative estimate of drug-likeness (QED) is 0.890. The fourth-order valence-corrected chi connectivity index (χ4v) is 2.49. The minimum atomic E-state index is -4.33. The number of hydrogen-bond acceptors (Lipinski definition) is 4. The highest BCUT2D eigenvalue weighted by atomic mass is 19.4. The van der Waals surface area contributed by atoms with Crippen LogP contribution >= 0.6 is 0 Å². The molecule has 1 fully saturated rings. The minimum absolute atomic E-state index is 0.133. The second kappa shape index (κ2) is 4.53. The molecule has 7 heteroatoms. The molecular formula is C11H16F3N3O. The maximum Gasteiger partial charge on any atom is 0.396 e. The van der Waals surface area contributed by atoms with Crippen LogP contribution in [0.3, 0.4) is 0 Å². The zero-order valence-electron chi connectivity index (χ0n) is 10.1. The Balaban J connectivity index is 2.14. The van der Waals surface area contributed by atoms with Crippen LogP contribution in [0, 0.1) is 5.92 Å². The van der Waals surface area contributed by atoms with Gasteiger partial charge in [-0.1, -0.05) is 24.9 Å². The molecule has 2 atom stereocenters. The fourth-order valence-electron chi connectivity index (χ4n) is 2.49. The van der Waals surface area contributed by atoms with Crippen molar-refractivity contribution in [1.82, 2.24) is 10.1 Å². The maximum atomic E-state index is 12.2. The van der Waals surface area contributed by atoms with Gasteiger partial charge in [0.2, 0.25) is 5.89 Å². The van der Waals surface area contributed by atoms with Gasteiger partial charge in [-0.05, 0) is 18.8 Å². The summed E-state index contributed by atoms with van der Waals surface area (Å²) in [5.41, 5.74) is 5.40.